The highest BCUT2D eigenvalue weighted by atomic mass is 16.3. The molecule has 0 spiro atoms. The van der Waals surface area contributed by atoms with Crippen molar-refractivity contribution in [3.05, 3.63) is 35.4 Å². The smallest absolute Gasteiger partial charge is 0.0502 e. The van der Waals surface area contributed by atoms with Gasteiger partial charge >= 0.3 is 0 Å². The van der Waals surface area contributed by atoms with Gasteiger partial charge in [0.1, 0.15) is 0 Å². The first-order valence-corrected chi connectivity index (χ1v) is 4.51. The van der Waals surface area contributed by atoms with Crippen LogP contribution in [0.5, 0.6) is 0 Å². The molecule has 0 radical (unpaired) electrons. The van der Waals surface area contributed by atoms with Gasteiger partial charge in [0.05, 0.1) is 6.61 Å². The third-order valence-electron chi connectivity index (χ3n) is 2.88. The molecule has 0 saturated heterocycles. The summed E-state index contributed by atoms with van der Waals surface area (Å²) < 4.78 is 0. The SMILES string of the molecule is C[C@H]1Cc2ccccc2[C@H]1CO. The second-order valence-electron chi connectivity index (χ2n) is 3.67. The van der Waals surface area contributed by atoms with Gasteiger partial charge in [-0.05, 0) is 23.5 Å². The van der Waals surface area contributed by atoms with Crippen LogP contribution in [0, 0.1) is 5.92 Å². The molecule has 1 aliphatic rings. The highest BCUT2D eigenvalue weighted by Gasteiger charge is 2.27. The van der Waals surface area contributed by atoms with Crippen molar-refractivity contribution in [2.45, 2.75) is 19.3 Å². The Bertz CT molecular complexity index is 280. The van der Waals surface area contributed by atoms with Crippen molar-refractivity contribution in [3.8, 4) is 0 Å². The lowest BCUT2D eigenvalue weighted by atomic mass is 9.95. The first-order valence-electron chi connectivity index (χ1n) is 4.51. The highest BCUT2D eigenvalue weighted by Crippen LogP contribution is 2.36. The van der Waals surface area contributed by atoms with Gasteiger partial charge in [-0.15, -0.1) is 0 Å². The van der Waals surface area contributed by atoms with E-state index in [9.17, 15) is 5.11 Å². The minimum absolute atomic E-state index is 0.290. The zero-order valence-electron chi connectivity index (χ0n) is 7.33. The minimum atomic E-state index is 0.290. The Morgan fingerprint density at radius 2 is 2.17 bits per heavy atom. The molecular formula is C11H14O. The number of aliphatic hydroxyl groups excluding tert-OH is 1. The third-order valence-corrected chi connectivity index (χ3v) is 2.88. The van der Waals surface area contributed by atoms with Crippen LogP contribution in [0.4, 0.5) is 0 Å². The number of fused-ring (bicyclic) bond motifs is 1. The van der Waals surface area contributed by atoms with Crippen molar-refractivity contribution in [2.75, 3.05) is 6.61 Å². The van der Waals surface area contributed by atoms with Gasteiger partial charge in [-0.2, -0.15) is 0 Å². The summed E-state index contributed by atoms with van der Waals surface area (Å²) in [6.07, 6.45) is 1.13. The van der Waals surface area contributed by atoms with E-state index >= 15 is 0 Å². The minimum Gasteiger partial charge on any atom is -0.396 e. The zero-order valence-corrected chi connectivity index (χ0v) is 7.33. The van der Waals surface area contributed by atoms with Crippen molar-refractivity contribution in [1.29, 1.82) is 0 Å². The molecule has 0 amide bonds. The van der Waals surface area contributed by atoms with Gasteiger partial charge in [-0.1, -0.05) is 31.2 Å². The number of hydrogen-bond acceptors (Lipinski definition) is 1. The van der Waals surface area contributed by atoms with Gasteiger partial charge in [0.2, 0.25) is 0 Å². The third kappa shape index (κ3) is 1.05. The molecule has 2 atom stereocenters. The van der Waals surface area contributed by atoms with Gasteiger partial charge in [0.25, 0.3) is 0 Å². The Labute approximate surface area is 73.0 Å². The maximum absolute atomic E-state index is 9.18. The van der Waals surface area contributed by atoms with Gasteiger partial charge < -0.3 is 5.11 Å². The molecule has 0 bridgehead atoms. The largest absolute Gasteiger partial charge is 0.396 e. The van der Waals surface area contributed by atoms with Crippen molar-refractivity contribution >= 4 is 0 Å². The van der Waals surface area contributed by atoms with Crippen LogP contribution in [0.1, 0.15) is 24.0 Å². The first-order chi connectivity index (χ1) is 5.83. The summed E-state index contributed by atoms with van der Waals surface area (Å²) in [6, 6.07) is 8.44. The fourth-order valence-corrected chi connectivity index (χ4v) is 2.16. The lowest BCUT2D eigenvalue weighted by molar-refractivity contribution is 0.240. The van der Waals surface area contributed by atoms with Crippen LogP contribution < -0.4 is 0 Å². The fraction of sp³-hybridized carbons (Fsp3) is 0.455. The van der Waals surface area contributed by atoms with Crippen LogP contribution in [0.2, 0.25) is 0 Å². The second-order valence-corrected chi connectivity index (χ2v) is 3.67. The van der Waals surface area contributed by atoms with Gasteiger partial charge in [-0.25, -0.2) is 0 Å². The summed E-state index contributed by atoms with van der Waals surface area (Å²) in [5, 5.41) is 9.18. The molecule has 0 saturated carbocycles. The van der Waals surface area contributed by atoms with Gasteiger partial charge in [-0.3, -0.25) is 0 Å². The molecule has 1 aliphatic carbocycles. The van der Waals surface area contributed by atoms with Gasteiger partial charge in [0, 0.05) is 5.92 Å². The van der Waals surface area contributed by atoms with Crippen LogP contribution in [0.3, 0.4) is 0 Å². The predicted molar refractivity (Wildman–Crippen MR) is 49.1 cm³/mol. The molecule has 0 heterocycles. The molecule has 64 valence electrons. The lowest BCUT2D eigenvalue weighted by Crippen LogP contribution is -2.07. The number of aliphatic hydroxyl groups is 1. The topological polar surface area (TPSA) is 20.2 Å². The van der Waals surface area contributed by atoms with E-state index in [0.717, 1.165) is 6.42 Å². The monoisotopic (exact) mass is 162 g/mol. The summed E-state index contributed by atoms with van der Waals surface area (Å²) in [7, 11) is 0. The van der Waals surface area contributed by atoms with E-state index < -0.39 is 0 Å². The molecule has 1 N–H and O–H groups in total. The van der Waals surface area contributed by atoms with E-state index in [1.54, 1.807) is 0 Å². The van der Waals surface area contributed by atoms with Crippen LogP contribution in [0.15, 0.2) is 24.3 Å². The molecule has 1 aromatic rings. The number of hydrogen-bond donors (Lipinski definition) is 1. The molecule has 0 aromatic heterocycles. The van der Waals surface area contributed by atoms with E-state index in [0.29, 0.717) is 11.8 Å². The van der Waals surface area contributed by atoms with Crippen LogP contribution >= 0.6 is 0 Å². The number of benzene rings is 1. The molecule has 0 unspecified atom stereocenters. The highest BCUT2D eigenvalue weighted by molar-refractivity contribution is 5.35. The average Bonchev–Trinajstić information content (AvgIpc) is 2.40. The van der Waals surface area contributed by atoms with Crippen molar-refractivity contribution in [1.82, 2.24) is 0 Å². The molecule has 1 aromatic carbocycles. The summed E-state index contributed by atoms with van der Waals surface area (Å²) in [4.78, 5) is 0. The second kappa shape index (κ2) is 2.91. The number of rotatable bonds is 1. The maximum Gasteiger partial charge on any atom is 0.0502 e. The van der Waals surface area contributed by atoms with Crippen LogP contribution in [-0.4, -0.2) is 11.7 Å². The first kappa shape index (κ1) is 7.81. The molecule has 1 nitrogen and oxygen atoms in total. The Kier molecular flexibility index (Phi) is 1.89. The van der Waals surface area contributed by atoms with Crippen LogP contribution in [0.25, 0.3) is 0 Å². The molecule has 0 fully saturated rings. The van der Waals surface area contributed by atoms with Crippen molar-refractivity contribution < 1.29 is 5.11 Å². The quantitative estimate of drug-likeness (QED) is 0.669. The maximum atomic E-state index is 9.18. The Morgan fingerprint density at radius 3 is 2.92 bits per heavy atom. The summed E-state index contributed by atoms with van der Waals surface area (Å²) in [6.45, 7) is 2.50. The fourth-order valence-electron chi connectivity index (χ4n) is 2.16. The lowest BCUT2D eigenvalue weighted by Gasteiger charge is -2.12. The molecular weight excluding hydrogens is 148 g/mol. The van der Waals surface area contributed by atoms with E-state index in [4.69, 9.17) is 0 Å². The van der Waals surface area contributed by atoms with E-state index in [1.807, 2.05) is 0 Å². The summed E-state index contributed by atoms with van der Waals surface area (Å²) in [5.74, 6) is 0.980. The predicted octanol–water partition coefficient (Wildman–Crippen LogP) is 1.95. The molecule has 12 heavy (non-hydrogen) atoms. The molecule has 0 aliphatic heterocycles. The Morgan fingerprint density at radius 1 is 1.42 bits per heavy atom. The van der Waals surface area contributed by atoms with Crippen LogP contribution in [-0.2, 0) is 6.42 Å². The zero-order chi connectivity index (χ0) is 8.55. The van der Waals surface area contributed by atoms with Crippen molar-refractivity contribution in [3.63, 3.8) is 0 Å². The van der Waals surface area contributed by atoms with Crippen molar-refractivity contribution in [2.24, 2.45) is 5.92 Å². The van der Waals surface area contributed by atoms with E-state index in [-0.39, 0.29) is 6.61 Å². The molecule has 2 rings (SSSR count). The standard InChI is InChI=1S/C11H14O/c1-8-6-9-4-2-3-5-10(9)11(8)7-12/h2-5,8,11-12H,6-7H2,1H3/t8-,11-/m0/s1. The Balaban J connectivity index is 2.40. The van der Waals surface area contributed by atoms with E-state index in [2.05, 4.69) is 31.2 Å². The van der Waals surface area contributed by atoms with Gasteiger partial charge in [0.15, 0.2) is 0 Å². The average molecular weight is 162 g/mol. The van der Waals surface area contributed by atoms with E-state index in [1.165, 1.54) is 11.1 Å². The Hall–Kier alpha value is -0.820. The normalized spacial score (nSPS) is 27.2. The summed E-state index contributed by atoms with van der Waals surface area (Å²) >= 11 is 0. The summed E-state index contributed by atoms with van der Waals surface area (Å²) in [5.41, 5.74) is 2.77. The molecule has 1 heteroatoms.